The van der Waals surface area contributed by atoms with E-state index in [0.717, 1.165) is 0 Å². The summed E-state index contributed by atoms with van der Waals surface area (Å²) in [7, 11) is 1.56. The number of thioether (sulfide) groups is 1. The topological polar surface area (TPSA) is 67.9 Å². The molecule has 0 radical (unpaired) electrons. The molecule has 28 heavy (non-hydrogen) atoms. The summed E-state index contributed by atoms with van der Waals surface area (Å²) >= 11 is 4.64. The maximum Gasteiger partial charge on any atom is 0.261 e. The fourth-order valence-electron chi connectivity index (χ4n) is 2.62. The smallest absolute Gasteiger partial charge is 0.261 e. The summed E-state index contributed by atoms with van der Waals surface area (Å²) in [4.78, 5) is 26.5. The van der Waals surface area contributed by atoms with Crippen molar-refractivity contribution in [1.29, 1.82) is 0 Å². The Kier molecular flexibility index (Phi) is 6.79. The maximum absolute atomic E-state index is 13.8. The number of carbonyl (C=O) groups excluding carboxylic acids is 2. The summed E-state index contributed by atoms with van der Waals surface area (Å²) in [5.74, 6) is 0.324. The fraction of sp³-hybridized carbons (Fsp3) is 0.263. The molecule has 1 unspecified atom stereocenters. The molecule has 0 aliphatic carbocycles. The molecule has 6 nitrogen and oxygen atoms in total. The van der Waals surface area contributed by atoms with Gasteiger partial charge in [-0.1, -0.05) is 15.9 Å². The Bertz CT molecular complexity index is 866. The highest BCUT2D eigenvalue weighted by atomic mass is 79.9. The van der Waals surface area contributed by atoms with Crippen LogP contribution in [0.3, 0.4) is 0 Å². The fourth-order valence-corrected chi connectivity index (χ4v) is 4.13. The van der Waals surface area contributed by atoms with E-state index in [4.69, 9.17) is 9.47 Å². The van der Waals surface area contributed by atoms with Crippen molar-refractivity contribution in [2.24, 2.45) is 0 Å². The Labute approximate surface area is 174 Å². The highest BCUT2D eigenvalue weighted by Gasteiger charge is 2.34. The second-order valence-corrected chi connectivity index (χ2v) is 7.88. The molecule has 1 aliphatic rings. The Morgan fingerprint density at radius 2 is 2.04 bits per heavy atom. The van der Waals surface area contributed by atoms with Gasteiger partial charge in [0.25, 0.3) is 5.91 Å². The lowest BCUT2D eigenvalue weighted by Gasteiger charge is -2.23. The predicted octanol–water partition coefficient (Wildman–Crippen LogP) is 3.52. The van der Waals surface area contributed by atoms with Gasteiger partial charge in [0.15, 0.2) is 18.2 Å². The first-order valence-corrected chi connectivity index (χ1v) is 10.3. The number of amides is 2. The zero-order chi connectivity index (χ0) is 20.1. The molecule has 0 saturated carbocycles. The predicted molar refractivity (Wildman–Crippen MR) is 109 cm³/mol. The molecular weight excluding hydrogens is 451 g/mol. The van der Waals surface area contributed by atoms with E-state index in [1.165, 1.54) is 28.8 Å². The number of ether oxygens (including phenoxy) is 2. The molecule has 1 saturated heterocycles. The van der Waals surface area contributed by atoms with E-state index >= 15 is 0 Å². The number of anilines is 1. The van der Waals surface area contributed by atoms with E-state index in [-0.39, 0.29) is 24.2 Å². The van der Waals surface area contributed by atoms with Crippen LogP contribution in [0.25, 0.3) is 0 Å². The van der Waals surface area contributed by atoms with E-state index in [2.05, 4.69) is 21.2 Å². The minimum atomic E-state index is -0.613. The Hall–Kier alpha value is -2.26. The van der Waals surface area contributed by atoms with Crippen molar-refractivity contribution in [3.8, 4) is 11.5 Å². The molecule has 1 heterocycles. The number of nitrogens with zero attached hydrogens (tertiary/aromatic N) is 1. The molecule has 148 valence electrons. The van der Waals surface area contributed by atoms with Crippen LogP contribution in [0.1, 0.15) is 0 Å². The molecular formula is C19H18BrFN2O4S. The maximum atomic E-state index is 13.8. The van der Waals surface area contributed by atoms with Gasteiger partial charge in [-0.2, -0.15) is 0 Å². The SMILES string of the molecule is COc1ccc(NC(=O)C2CSCN2C(=O)COc2ccc(Br)cc2F)cc1. The largest absolute Gasteiger partial charge is 0.497 e. The molecule has 0 aromatic heterocycles. The molecule has 0 bridgehead atoms. The molecule has 1 N–H and O–H groups in total. The van der Waals surface area contributed by atoms with Crippen molar-refractivity contribution in [3.05, 3.63) is 52.8 Å². The zero-order valence-electron chi connectivity index (χ0n) is 15.0. The van der Waals surface area contributed by atoms with E-state index in [0.29, 0.717) is 27.5 Å². The van der Waals surface area contributed by atoms with Gasteiger partial charge in [0, 0.05) is 15.9 Å². The second-order valence-electron chi connectivity index (χ2n) is 5.96. The third kappa shape index (κ3) is 4.96. The number of carbonyl (C=O) groups is 2. The lowest BCUT2D eigenvalue weighted by atomic mass is 10.2. The van der Waals surface area contributed by atoms with Crippen LogP contribution in [-0.2, 0) is 9.59 Å². The number of methoxy groups -OCH3 is 1. The number of hydrogen-bond donors (Lipinski definition) is 1. The Balaban J connectivity index is 1.59. The molecule has 1 atom stereocenters. The monoisotopic (exact) mass is 468 g/mol. The molecule has 2 aromatic carbocycles. The molecule has 3 rings (SSSR count). The summed E-state index contributed by atoms with van der Waals surface area (Å²) in [6.07, 6.45) is 0. The van der Waals surface area contributed by atoms with Crippen molar-refractivity contribution in [2.75, 3.05) is 30.7 Å². The number of hydrogen-bond acceptors (Lipinski definition) is 5. The molecule has 2 aromatic rings. The molecule has 9 heteroatoms. The average Bonchev–Trinajstić information content (AvgIpc) is 3.18. The summed E-state index contributed by atoms with van der Waals surface area (Å²) in [6, 6.07) is 10.6. The molecule has 0 spiro atoms. The van der Waals surface area contributed by atoms with Crippen LogP contribution in [0.5, 0.6) is 11.5 Å². The number of benzene rings is 2. The highest BCUT2D eigenvalue weighted by Crippen LogP contribution is 2.25. The Morgan fingerprint density at radius 3 is 2.71 bits per heavy atom. The van der Waals surface area contributed by atoms with Gasteiger partial charge in [0.1, 0.15) is 11.8 Å². The van der Waals surface area contributed by atoms with Gasteiger partial charge < -0.3 is 19.7 Å². The first-order valence-electron chi connectivity index (χ1n) is 8.38. The van der Waals surface area contributed by atoms with Crippen LogP contribution in [0, 0.1) is 5.82 Å². The standard InChI is InChI=1S/C19H18BrFN2O4S/c1-26-14-5-3-13(4-6-14)22-19(25)16-10-28-11-23(16)18(24)9-27-17-7-2-12(20)8-15(17)21/h2-8,16H,9-11H2,1H3,(H,22,25). The van der Waals surface area contributed by atoms with Crippen molar-refractivity contribution in [2.45, 2.75) is 6.04 Å². The third-order valence-corrected chi connectivity index (χ3v) is 5.61. The van der Waals surface area contributed by atoms with Crippen LogP contribution in [-0.4, -0.2) is 48.1 Å². The van der Waals surface area contributed by atoms with Crippen molar-refractivity contribution in [3.63, 3.8) is 0 Å². The van der Waals surface area contributed by atoms with E-state index in [1.807, 2.05) is 0 Å². The van der Waals surface area contributed by atoms with Gasteiger partial charge in [0.2, 0.25) is 5.91 Å². The van der Waals surface area contributed by atoms with Crippen LogP contribution < -0.4 is 14.8 Å². The lowest BCUT2D eigenvalue weighted by molar-refractivity contribution is -0.137. The third-order valence-electron chi connectivity index (χ3n) is 4.11. The van der Waals surface area contributed by atoms with Gasteiger partial charge in [-0.15, -0.1) is 11.8 Å². The van der Waals surface area contributed by atoms with Crippen LogP contribution in [0.4, 0.5) is 10.1 Å². The number of nitrogens with one attached hydrogen (secondary N) is 1. The van der Waals surface area contributed by atoms with Gasteiger partial charge in [-0.3, -0.25) is 9.59 Å². The van der Waals surface area contributed by atoms with E-state index in [9.17, 15) is 14.0 Å². The van der Waals surface area contributed by atoms with Gasteiger partial charge >= 0.3 is 0 Å². The van der Waals surface area contributed by atoms with Crippen LogP contribution in [0.2, 0.25) is 0 Å². The summed E-state index contributed by atoms with van der Waals surface area (Å²) in [5.41, 5.74) is 0.614. The van der Waals surface area contributed by atoms with Crippen molar-refractivity contribution in [1.82, 2.24) is 4.90 Å². The summed E-state index contributed by atoms with van der Waals surface area (Å²) in [6.45, 7) is -0.342. The quantitative estimate of drug-likeness (QED) is 0.702. The minimum Gasteiger partial charge on any atom is -0.497 e. The first kappa shape index (κ1) is 20.5. The zero-order valence-corrected chi connectivity index (χ0v) is 17.4. The highest BCUT2D eigenvalue weighted by molar-refractivity contribution is 9.10. The van der Waals surface area contributed by atoms with Gasteiger partial charge in [0.05, 0.1) is 13.0 Å². The van der Waals surface area contributed by atoms with Crippen molar-refractivity contribution >= 4 is 45.2 Å². The first-order chi connectivity index (χ1) is 13.5. The van der Waals surface area contributed by atoms with Crippen LogP contribution in [0.15, 0.2) is 46.9 Å². The lowest BCUT2D eigenvalue weighted by Crippen LogP contribution is -2.46. The summed E-state index contributed by atoms with van der Waals surface area (Å²) in [5, 5.41) is 2.80. The van der Waals surface area contributed by atoms with Crippen LogP contribution >= 0.6 is 27.7 Å². The minimum absolute atomic E-state index is 0.0114. The average molecular weight is 469 g/mol. The van der Waals surface area contributed by atoms with Gasteiger partial charge in [-0.05, 0) is 42.5 Å². The molecule has 1 fully saturated rings. The molecule has 1 aliphatic heterocycles. The molecule has 2 amide bonds. The second kappa shape index (κ2) is 9.29. The number of rotatable bonds is 6. The summed E-state index contributed by atoms with van der Waals surface area (Å²) < 4.78 is 24.8. The van der Waals surface area contributed by atoms with E-state index in [1.54, 1.807) is 37.4 Å². The Morgan fingerprint density at radius 1 is 1.29 bits per heavy atom. The normalized spacial score (nSPS) is 16.0. The van der Waals surface area contributed by atoms with E-state index < -0.39 is 11.9 Å². The number of halogens is 2. The van der Waals surface area contributed by atoms with Gasteiger partial charge in [-0.25, -0.2) is 4.39 Å². The van der Waals surface area contributed by atoms with Crippen molar-refractivity contribution < 1.29 is 23.5 Å².